The summed E-state index contributed by atoms with van der Waals surface area (Å²) in [6, 6.07) is 4.26. The number of nitrogens with one attached hydrogen (secondary N) is 1. The maximum absolute atomic E-state index is 5.73. The van der Waals surface area contributed by atoms with E-state index in [1.807, 2.05) is 0 Å². The summed E-state index contributed by atoms with van der Waals surface area (Å²) < 4.78 is 11.2. The third kappa shape index (κ3) is 5.07. The van der Waals surface area contributed by atoms with Gasteiger partial charge in [0.2, 0.25) is 0 Å². The molecule has 0 amide bonds. The Balaban J connectivity index is 2.25. The van der Waals surface area contributed by atoms with E-state index < -0.39 is 0 Å². The SMILES string of the molecule is CCNCCOCCOc1cc(C)c(C)cc1C. The molecule has 3 heteroatoms. The number of aryl methyl sites for hydroxylation is 3. The lowest BCUT2D eigenvalue weighted by Gasteiger charge is -2.12. The third-order valence-electron chi connectivity index (χ3n) is 2.95. The summed E-state index contributed by atoms with van der Waals surface area (Å²) in [6.45, 7) is 12.3. The van der Waals surface area contributed by atoms with Crippen molar-refractivity contribution in [3.8, 4) is 5.75 Å². The first-order chi connectivity index (χ1) is 8.65. The highest BCUT2D eigenvalue weighted by Crippen LogP contribution is 2.22. The molecule has 1 rings (SSSR count). The van der Waals surface area contributed by atoms with Crippen LogP contribution in [0.2, 0.25) is 0 Å². The van der Waals surface area contributed by atoms with Crippen LogP contribution in [-0.2, 0) is 4.74 Å². The van der Waals surface area contributed by atoms with E-state index in [1.165, 1.54) is 16.7 Å². The molecular weight excluding hydrogens is 226 g/mol. The molecular formula is C15H25NO2. The molecule has 0 fully saturated rings. The molecule has 0 saturated carbocycles. The summed E-state index contributed by atoms with van der Waals surface area (Å²) in [4.78, 5) is 0. The van der Waals surface area contributed by atoms with E-state index in [4.69, 9.17) is 9.47 Å². The summed E-state index contributed by atoms with van der Waals surface area (Å²) in [5.41, 5.74) is 3.76. The molecule has 0 heterocycles. The molecule has 0 radical (unpaired) electrons. The monoisotopic (exact) mass is 251 g/mol. The second kappa shape index (κ2) is 8.11. The Kier molecular flexibility index (Phi) is 6.76. The lowest BCUT2D eigenvalue weighted by Crippen LogP contribution is -2.20. The van der Waals surface area contributed by atoms with E-state index in [9.17, 15) is 0 Å². The average molecular weight is 251 g/mol. The van der Waals surface area contributed by atoms with Crippen LogP contribution in [0.4, 0.5) is 0 Å². The third-order valence-corrected chi connectivity index (χ3v) is 2.95. The summed E-state index contributed by atoms with van der Waals surface area (Å²) in [6.07, 6.45) is 0. The molecule has 1 aromatic rings. The molecule has 0 aliphatic rings. The summed E-state index contributed by atoms with van der Waals surface area (Å²) in [5.74, 6) is 0.966. The maximum atomic E-state index is 5.73. The first-order valence-corrected chi connectivity index (χ1v) is 6.64. The summed E-state index contributed by atoms with van der Waals surface area (Å²) in [7, 11) is 0. The van der Waals surface area contributed by atoms with Crippen LogP contribution in [0.1, 0.15) is 23.6 Å². The second-order valence-corrected chi connectivity index (χ2v) is 4.52. The quantitative estimate of drug-likeness (QED) is 0.720. The van der Waals surface area contributed by atoms with E-state index in [-0.39, 0.29) is 0 Å². The van der Waals surface area contributed by atoms with Crippen molar-refractivity contribution in [2.75, 3.05) is 32.9 Å². The van der Waals surface area contributed by atoms with Crippen LogP contribution < -0.4 is 10.1 Å². The first kappa shape index (κ1) is 15.0. The van der Waals surface area contributed by atoms with E-state index in [1.54, 1.807) is 0 Å². The highest BCUT2D eigenvalue weighted by atomic mass is 16.5. The Labute approximate surface area is 110 Å². The zero-order chi connectivity index (χ0) is 13.4. The van der Waals surface area contributed by atoms with Crippen LogP contribution in [0.3, 0.4) is 0 Å². The van der Waals surface area contributed by atoms with Gasteiger partial charge < -0.3 is 14.8 Å². The van der Waals surface area contributed by atoms with Crippen molar-refractivity contribution in [1.29, 1.82) is 0 Å². The normalized spacial score (nSPS) is 10.7. The van der Waals surface area contributed by atoms with Crippen LogP contribution in [0.15, 0.2) is 12.1 Å². The Morgan fingerprint density at radius 2 is 1.67 bits per heavy atom. The van der Waals surface area contributed by atoms with Crippen molar-refractivity contribution >= 4 is 0 Å². The van der Waals surface area contributed by atoms with Gasteiger partial charge in [0.15, 0.2) is 0 Å². The summed E-state index contributed by atoms with van der Waals surface area (Å²) >= 11 is 0. The number of benzene rings is 1. The van der Waals surface area contributed by atoms with Crippen LogP contribution in [0.25, 0.3) is 0 Å². The molecule has 0 bridgehead atoms. The molecule has 3 nitrogen and oxygen atoms in total. The van der Waals surface area contributed by atoms with E-state index >= 15 is 0 Å². The Bertz CT molecular complexity index is 364. The predicted octanol–water partition coefficient (Wildman–Crippen LogP) is 2.62. The van der Waals surface area contributed by atoms with Crippen LogP contribution in [-0.4, -0.2) is 32.9 Å². The van der Waals surface area contributed by atoms with E-state index in [0.29, 0.717) is 13.2 Å². The van der Waals surface area contributed by atoms with Gasteiger partial charge in [-0.3, -0.25) is 0 Å². The zero-order valence-corrected chi connectivity index (χ0v) is 12.0. The minimum absolute atomic E-state index is 0.607. The van der Waals surface area contributed by atoms with Gasteiger partial charge in [-0.1, -0.05) is 13.0 Å². The van der Waals surface area contributed by atoms with E-state index in [0.717, 1.165) is 25.4 Å². The van der Waals surface area contributed by atoms with Gasteiger partial charge in [0.1, 0.15) is 12.4 Å². The molecule has 1 aromatic carbocycles. The van der Waals surface area contributed by atoms with Crippen LogP contribution in [0, 0.1) is 20.8 Å². The molecule has 0 unspecified atom stereocenters. The molecule has 1 N–H and O–H groups in total. The number of likely N-dealkylation sites (N-methyl/N-ethyl adjacent to an activating group) is 1. The zero-order valence-electron chi connectivity index (χ0n) is 12.0. The molecule has 0 aliphatic carbocycles. The molecule has 0 saturated heterocycles. The number of ether oxygens (including phenoxy) is 2. The number of hydrogen-bond donors (Lipinski definition) is 1. The molecule has 0 aromatic heterocycles. The van der Waals surface area contributed by atoms with Crippen molar-refractivity contribution in [3.05, 3.63) is 28.8 Å². The number of rotatable bonds is 8. The van der Waals surface area contributed by atoms with Gasteiger partial charge in [0.25, 0.3) is 0 Å². The molecule has 0 atom stereocenters. The van der Waals surface area contributed by atoms with Crippen molar-refractivity contribution in [1.82, 2.24) is 5.32 Å². The Morgan fingerprint density at radius 3 is 2.39 bits per heavy atom. The summed E-state index contributed by atoms with van der Waals surface area (Å²) in [5, 5.41) is 3.21. The van der Waals surface area contributed by atoms with Gasteiger partial charge in [-0.25, -0.2) is 0 Å². The Morgan fingerprint density at radius 1 is 0.944 bits per heavy atom. The van der Waals surface area contributed by atoms with Gasteiger partial charge in [0, 0.05) is 6.54 Å². The molecule has 0 aliphatic heterocycles. The molecule has 18 heavy (non-hydrogen) atoms. The predicted molar refractivity (Wildman–Crippen MR) is 75.5 cm³/mol. The van der Waals surface area contributed by atoms with Crippen molar-refractivity contribution in [2.24, 2.45) is 0 Å². The van der Waals surface area contributed by atoms with Crippen LogP contribution >= 0.6 is 0 Å². The van der Waals surface area contributed by atoms with Crippen LogP contribution in [0.5, 0.6) is 5.75 Å². The highest BCUT2D eigenvalue weighted by molar-refractivity contribution is 5.40. The fourth-order valence-corrected chi connectivity index (χ4v) is 1.72. The topological polar surface area (TPSA) is 30.5 Å². The molecule has 102 valence electrons. The number of hydrogen-bond acceptors (Lipinski definition) is 3. The smallest absolute Gasteiger partial charge is 0.122 e. The lowest BCUT2D eigenvalue weighted by molar-refractivity contribution is 0.102. The van der Waals surface area contributed by atoms with Gasteiger partial charge in [-0.05, 0) is 50.1 Å². The Hall–Kier alpha value is -1.06. The van der Waals surface area contributed by atoms with E-state index in [2.05, 4.69) is 45.1 Å². The van der Waals surface area contributed by atoms with Gasteiger partial charge in [0.05, 0.1) is 13.2 Å². The largest absolute Gasteiger partial charge is 0.491 e. The highest BCUT2D eigenvalue weighted by Gasteiger charge is 2.02. The van der Waals surface area contributed by atoms with Crippen molar-refractivity contribution in [3.63, 3.8) is 0 Å². The van der Waals surface area contributed by atoms with Crippen molar-refractivity contribution in [2.45, 2.75) is 27.7 Å². The maximum Gasteiger partial charge on any atom is 0.122 e. The van der Waals surface area contributed by atoms with Gasteiger partial charge >= 0.3 is 0 Å². The van der Waals surface area contributed by atoms with Crippen molar-refractivity contribution < 1.29 is 9.47 Å². The fourth-order valence-electron chi connectivity index (χ4n) is 1.72. The molecule has 0 spiro atoms. The first-order valence-electron chi connectivity index (χ1n) is 6.64. The minimum atomic E-state index is 0.607. The fraction of sp³-hybridized carbons (Fsp3) is 0.600. The second-order valence-electron chi connectivity index (χ2n) is 4.52. The standard InChI is InChI=1S/C15H25NO2/c1-5-16-6-7-17-8-9-18-15-11-13(3)12(2)10-14(15)4/h10-11,16H,5-9H2,1-4H3. The lowest BCUT2D eigenvalue weighted by atomic mass is 10.1. The average Bonchev–Trinajstić information content (AvgIpc) is 2.34. The minimum Gasteiger partial charge on any atom is -0.491 e. The van der Waals surface area contributed by atoms with Gasteiger partial charge in [-0.15, -0.1) is 0 Å². The van der Waals surface area contributed by atoms with Gasteiger partial charge in [-0.2, -0.15) is 0 Å².